The number of aromatic nitrogens is 2. The lowest BCUT2D eigenvalue weighted by Crippen LogP contribution is -2.40. The van der Waals surface area contributed by atoms with Gasteiger partial charge in [-0.15, -0.1) is 0 Å². The Kier molecular flexibility index (Phi) is 7.59. The summed E-state index contributed by atoms with van der Waals surface area (Å²) >= 11 is 0. The van der Waals surface area contributed by atoms with Crippen molar-refractivity contribution >= 4 is 34.6 Å². The molecular formula is C22H21F2N5O6. The first-order valence-electron chi connectivity index (χ1n) is 10.2. The van der Waals surface area contributed by atoms with Crippen LogP contribution < -0.4 is 20.3 Å². The SMILES string of the molecule is CCn1c(C)nc2cc(C(=O)NNC(=O)/C=C/c3cc(OC)c(OC(F)F)cc3[N+](=O)[O-])ccc21. The second-order valence-corrected chi connectivity index (χ2v) is 7.08. The van der Waals surface area contributed by atoms with E-state index >= 15 is 0 Å². The van der Waals surface area contributed by atoms with E-state index in [9.17, 15) is 28.5 Å². The molecule has 0 saturated heterocycles. The van der Waals surface area contributed by atoms with Crippen LogP contribution in [0.4, 0.5) is 14.5 Å². The Morgan fingerprint density at radius 2 is 1.97 bits per heavy atom. The lowest BCUT2D eigenvalue weighted by Gasteiger charge is -2.11. The molecule has 1 heterocycles. The number of aryl methyl sites for hydroxylation is 2. The molecule has 0 atom stereocenters. The largest absolute Gasteiger partial charge is 0.493 e. The molecule has 0 aliphatic heterocycles. The van der Waals surface area contributed by atoms with Crippen molar-refractivity contribution in [3.8, 4) is 11.5 Å². The van der Waals surface area contributed by atoms with E-state index in [0.717, 1.165) is 42.2 Å². The fourth-order valence-corrected chi connectivity index (χ4v) is 3.39. The summed E-state index contributed by atoms with van der Waals surface area (Å²) in [5, 5.41) is 11.3. The number of halogens is 2. The van der Waals surface area contributed by atoms with Gasteiger partial charge in [-0.2, -0.15) is 8.78 Å². The molecule has 2 amide bonds. The minimum Gasteiger partial charge on any atom is -0.493 e. The molecule has 0 aliphatic rings. The molecule has 3 rings (SSSR count). The maximum absolute atomic E-state index is 12.6. The Balaban J connectivity index is 1.72. The summed E-state index contributed by atoms with van der Waals surface area (Å²) in [5.74, 6) is -1.32. The van der Waals surface area contributed by atoms with Crippen LogP contribution >= 0.6 is 0 Å². The predicted molar refractivity (Wildman–Crippen MR) is 121 cm³/mol. The average Bonchev–Trinajstić information content (AvgIpc) is 3.14. The molecular weight excluding hydrogens is 468 g/mol. The standard InChI is InChI=1S/C22H21F2N5O6/c1-4-28-12(2)25-15-9-14(5-7-16(15)28)21(31)27-26-20(30)8-6-13-10-18(34-3)19(35-22(23)24)11-17(13)29(32)33/h5-11,22H,4H2,1-3H3,(H,26,30)(H,27,31)/b8-6+. The summed E-state index contributed by atoms with van der Waals surface area (Å²) in [7, 11) is 1.17. The first-order chi connectivity index (χ1) is 16.6. The van der Waals surface area contributed by atoms with E-state index in [1.807, 2.05) is 18.4 Å². The number of methoxy groups -OCH3 is 1. The third-order valence-electron chi connectivity index (χ3n) is 4.96. The topological polar surface area (TPSA) is 138 Å². The third kappa shape index (κ3) is 5.69. The Labute approximate surface area is 197 Å². The van der Waals surface area contributed by atoms with Gasteiger partial charge in [0.25, 0.3) is 17.5 Å². The Bertz CT molecular complexity index is 1320. The summed E-state index contributed by atoms with van der Waals surface area (Å²) in [4.78, 5) is 39.5. The van der Waals surface area contributed by atoms with Gasteiger partial charge in [-0.25, -0.2) is 4.98 Å². The number of nitro benzene ring substituents is 1. The Hall–Kier alpha value is -4.55. The molecule has 3 aromatic rings. The van der Waals surface area contributed by atoms with Gasteiger partial charge in [-0.3, -0.25) is 30.6 Å². The van der Waals surface area contributed by atoms with E-state index in [2.05, 4.69) is 20.6 Å². The second kappa shape index (κ2) is 10.6. The Morgan fingerprint density at radius 3 is 2.60 bits per heavy atom. The number of hydrogen-bond acceptors (Lipinski definition) is 7. The maximum atomic E-state index is 12.6. The highest BCUT2D eigenvalue weighted by molar-refractivity contribution is 6.00. The van der Waals surface area contributed by atoms with Gasteiger partial charge in [0.15, 0.2) is 11.5 Å². The fraction of sp³-hybridized carbons (Fsp3) is 0.227. The number of benzene rings is 2. The van der Waals surface area contributed by atoms with Crippen LogP contribution in [0.5, 0.6) is 11.5 Å². The maximum Gasteiger partial charge on any atom is 0.387 e. The summed E-state index contributed by atoms with van der Waals surface area (Å²) in [5.41, 5.74) is 5.46. The van der Waals surface area contributed by atoms with Gasteiger partial charge < -0.3 is 14.0 Å². The summed E-state index contributed by atoms with van der Waals surface area (Å²) in [6.07, 6.45) is 1.99. The number of fused-ring (bicyclic) bond motifs is 1. The zero-order valence-corrected chi connectivity index (χ0v) is 18.9. The molecule has 0 bridgehead atoms. The van der Waals surface area contributed by atoms with Crippen molar-refractivity contribution in [3.05, 3.63) is 63.5 Å². The molecule has 0 spiro atoms. The molecule has 184 valence electrons. The van der Waals surface area contributed by atoms with E-state index < -0.39 is 34.8 Å². The van der Waals surface area contributed by atoms with Crippen LogP contribution in [0.15, 0.2) is 36.4 Å². The number of alkyl halides is 2. The normalized spacial score (nSPS) is 11.1. The van der Waals surface area contributed by atoms with Gasteiger partial charge in [-0.05, 0) is 44.2 Å². The van der Waals surface area contributed by atoms with Crippen molar-refractivity contribution in [2.75, 3.05) is 7.11 Å². The average molecular weight is 489 g/mol. The molecule has 35 heavy (non-hydrogen) atoms. The van der Waals surface area contributed by atoms with E-state index in [-0.39, 0.29) is 16.9 Å². The molecule has 1 aromatic heterocycles. The van der Waals surface area contributed by atoms with Crippen molar-refractivity contribution in [1.29, 1.82) is 0 Å². The molecule has 0 unspecified atom stereocenters. The van der Waals surface area contributed by atoms with Crippen molar-refractivity contribution in [1.82, 2.24) is 20.4 Å². The van der Waals surface area contributed by atoms with Gasteiger partial charge >= 0.3 is 6.61 Å². The summed E-state index contributed by atoms with van der Waals surface area (Å²) in [6.45, 7) is 1.34. The van der Waals surface area contributed by atoms with E-state index in [4.69, 9.17) is 4.74 Å². The molecule has 11 nitrogen and oxygen atoms in total. The quantitative estimate of drug-likeness (QED) is 0.281. The lowest BCUT2D eigenvalue weighted by molar-refractivity contribution is -0.385. The van der Waals surface area contributed by atoms with Crippen molar-refractivity contribution in [2.24, 2.45) is 0 Å². The van der Waals surface area contributed by atoms with Crippen LogP contribution in [0.1, 0.15) is 28.7 Å². The lowest BCUT2D eigenvalue weighted by atomic mass is 10.1. The zero-order chi connectivity index (χ0) is 25.7. The molecule has 13 heteroatoms. The molecule has 2 aromatic carbocycles. The number of carbonyl (C=O) groups is 2. The number of imidazole rings is 1. The number of nitrogens with zero attached hydrogens (tertiary/aromatic N) is 3. The minimum atomic E-state index is -3.22. The highest BCUT2D eigenvalue weighted by atomic mass is 19.3. The van der Waals surface area contributed by atoms with Gasteiger partial charge in [-0.1, -0.05) is 0 Å². The summed E-state index contributed by atoms with van der Waals surface area (Å²) < 4.78 is 36.3. The first-order valence-corrected chi connectivity index (χ1v) is 10.2. The van der Waals surface area contributed by atoms with Crippen LogP contribution in [0, 0.1) is 17.0 Å². The smallest absolute Gasteiger partial charge is 0.387 e. The van der Waals surface area contributed by atoms with E-state index in [0.29, 0.717) is 5.52 Å². The Morgan fingerprint density at radius 1 is 1.23 bits per heavy atom. The number of hydrogen-bond donors (Lipinski definition) is 2. The molecule has 0 radical (unpaired) electrons. The molecule has 0 aliphatic carbocycles. The van der Waals surface area contributed by atoms with Crippen molar-refractivity contribution in [2.45, 2.75) is 27.0 Å². The van der Waals surface area contributed by atoms with Crippen LogP contribution in [-0.2, 0) is 11.3 Å². The number of amides is 2. The summed E-state index contributed by atoms with van der Waals surface area (Å²) in [6, 6.07) is 6.77. The van der Waals surface area contributed by atoms with Crippen molar-refractivity contribution < 1.29 is 32.8 Å². The van der Waals surface area contributed by atoms with Gasteiger partial charge in [0.2, 0.25) is 0 Å². The zero-order valence-electron chi connectivity index (χ0n) is 18.9. The predicted octanol–water partition coefficient (Wildman–Crippen LogP) is 3.36. The van der Waals surface area contributed by atoms with Crippen LogP contribution in [0.3, 0.4) is 0 Å². The van der Waals surface area contributed by atoms with E-state index in [1.54, 1.807) is 18.2 Å². The monoisotopic (exact) mass is 489 g/mol. The van der Waals surface area contributed by atoms with E-state index in [1.165, 1.54) is 7.11 Å². The highest BCUT2D eigenvalue weighted by Gasteiger charge is 2.20. The minimum absolute atomic E-state index is 0.109. The second-order valence-electron chi connectivity index (χ2n) is 7.08. The highest BCUT2D eigenvalue weighted by Crippen LogP contribution is 2.36. The third-order valence-corrected chi connectivity index (χ3v) is 4.96. The number of hydrazine groups is 1. The number of nitro groups is 1. The fourth-order valence-electron chi connectivity index (χ4n) is 3.39. The number of nitrogens with one attached hydrogen (secondary N) is 2. The molecule has 2 N–H and O–H groups in total. The van der Waals surface area contributed by atoms with Gasteiger partial charge in [0.1, 0.15) is 5.82 Å². The molecule has 0 saturated carbocycles. The number of carbonyl (C=O) groups excluding carboxylic acids is 2. The molecule has 0 fully saturated rings. The van der Waals surface area contributed by atoms with Gasteiger partial charge in [0.05, 0.1) is 34.7 Å². The van der Waals surface area contributed by atoms with Crippen LogP contribution in [0.25, 0.3) is 17.1 Å². The van der Waals surface area contributed by atoms with Crippen LogP contribution in [-0.4, -0.2) is 40.0 Å². The number of rotatable bonds is 8. The van der Waals surface area contributed by atoms with Crippen LogP contribution in [0.2, 0.25) is 0 Å². The number of ether oxygens (including phenoxy) is 2. The van der Waals surface area contributed by atoms with Gasteiger partial charge in [0, 0.05) is 18.2 Å². The first kappa shape index (κ1) is 25.1. The van der Waals surface area contributed by atoms with Crippen molar-refractivity contribution in [3.63, 3.8) is 0 Å².